The lowest BCUT2D eigenvalue weighted by atomic mass is 10.1. The fraction of sp³-hybridized carbons (Fsp3) is 0.214. The molecule has 20 heavy (non-hydrogen) atoms. The number of nitrogens with one attached hydrogen (secondary N) is 1. The molecule has 1 aromatic heterocycles. The van der Waals surface area contributed by atoms with Crippen molar-refractivity contribution in [2.45, 2.75) is 19.4 Å². The van der Waals surface area contributed by atoms with Gasteiger partial charge in [0.25, 0.3) is 5.91 Å². The molecule has 2 aromatic rings. The molecule has 1 atom stereocenters. The molecule has 1 heterocycles. The first-order valence-electron chi connectivity index (χ1n) is 6.05. The Labute approximate surface area is 114 Å². The second kappa shape index (κ2) is 5.73. The summed E-state index contributed by atoms with van der Waals surface area (Å²) in [5, 5.41) is 2.65. The van der Waals surface area contributed by atoms with Gasteiger partial charge < -0.3 is 15.5 Å². The van der Waals surface area contributed by atoms with Crippen LogP contribution in [0.2, 0.25) is 0 Å². The number of nitrogen functional groups attached to an aromatic ring is 1. The number of hydrogen-bond acceptors (Lipinski definition) is 3. The summed E-state index contributed by atoms with van der Waals surface area (Å²) in [4.78, 5) is 12.0. The van der Waals surface area contributed by atoms with Gasteiger partial charge in [0.15, 0.2) is 11.6 Å². The van der Waals surface area contributed by atoms with E-state index in [2.05, 4.69) is 5.32 Å². The van der Waals surface area contributed by atoms with E-state index in [4.69, 9.17) is 10.2 Å². The number of carbonyl (C=O) groups excluding carboxylic acids is 1. The van der Waals surface area contributed by atoms with E-state index in [1.807, 2.05) is 0 Å². The number of amides is 1. The zero-order chi connectivity index (χ0) is 14.7. The smallest absolute Gasteiger partial charge is 0.253 e. The molecule has 1 aromatic carbocycles. The largest absolute Gasteiger partial charge is 0.469 e. The second-order valence-corrected chi connectivity index (χ2v) is 4.51. The summed E-state index contributed by atoms with van der Waals surface area (Å²) < 4.78 is 31.2. The minimum Gasteiger partial charge on any atom is -0.469 e. The molecule has 0 spiro atoms. The topological polar surface area (TPSA) is 68.3 Å². The van der Waals surface area contributed by atoms with Gasteiger partial charge in [0.1, 0.15) is 5.76 Å². The summed E-state index contributed by atoms with van der Waals surface area (Å²) in [7, 11) is 0. The molecule has 106 valence electrons. The third-order valence-electron chi connectivity index (χ3n) is 2.80. The molecule has 0 bridgehead atoms. The van der Waals surface area contributed by atoms with Gasteiger partial charge in [-0.15, -0.1) is 0 Å². The van der Waals surface area contributed by atoms with Crippen molar-refractivity contribution in [3.8, 4) is 0 Å². The summed E-state index contributed by atoms with van der Waals surface area (Å²) in [5.41, 5.74) is 5.32. The SMILES string of the molecule is CC(Cc1ccco1)NC(=O)c1cc(F)c(F)cc1N. The maximum atomic E-state index is 13.1. The first-order chi connectivity index (χ1) is 9.47. The highest BCUT2D eigenvalue weighted by atomic mass is 19.2. The van der Waals surface area contributed by atoms with Crippen molar-refractivity contribution in [1.82, 2.24) is 5.32 Å². The molecule has 0 radical (unpaired) electrons. The van der Waals surface area contributed by atoms with Crippen LogP contribution in [0.5, 0.6) is 0 Å². The van der Waals surface area contributed by atoms with E-state index >= 15 is 0 Å². The Morgan fingerprint density at radius 1 is 1.40 bits per heavy atom. The number of hydrogen-bond donors (Lipinski definition) is 2. The summed E-state index contributed by atoms with van der Waals surface area (Å²) in [6.07, 6.45) is 2.03. The van der Waals surface area contributed by atoms with Crippen molar-refractivity contribution in [1.29, 1.82) is 0 Å². The fourth-order valence-corrected chi connectivity index (χ4v) is 1.84. The molecule has 0 saturated carbocycles. The number of benzene rings is 1. The van der Waals surface area contributed by atoms with Crippen molar-refractivity contribution in [2.24, 2.45) is 0 Å². The number of rotatable bonds is 4. The van der Waals surface area contributed by atoms with Gasteiger partial charge in [0.05, 0.1) is 11.8 Å². The molecule has 0 aliphatic carbocycles. The Morgan fingerprint density at radius 3 is 2.75 bits per heavy atom. The molecule has 2 rings (SSSR count). The minimum atomic E-state index is -1.11. The quantitative estimate of drug-likeness (QED) is 0.845. The third-order valence-corrected chi connectivity index (χ3v) is 2.80. The number of nitrogens with two attached hydrogens (primary N) is 1. The van der Waals surface area contributed by atoms with Gasteiger partial charge in [-0.25, -0.2) is 8.78 Å². The predicted octanol–water partition coefficient (Wildman–Crippen LogP) is 2.50. The molecule has 4 nitrogen and oxygen atoms in total. The van der Waals surface area contributed by atoms with E-state index < -0.39 is 17.5 Å². The second-order valence-electron chi connectivity index (χ2n) is 4.51. The Morgan fingerprint density at radius 2 is 2.10 bits per heavy atom. The third kappa shape index (κ3) is 3.14. The average molecular weight is 280 g/mol. The molecule has 0 aliphatic rings. The molecule has 0 saturated heterocycles. The van der Waals surface area contributed by atoms with Crippen molar-refractivity contribution in [3.05, 3.63) is 53.5 Å². The summed E-state index contributed by atoms with van der Waals surface area (Å²) >= 11 is 0. The lowest BCUT2D eigenvalue weighted by molar-refractivity contribution is 0.0939. The zero-order valence-electron chi connectivity index (χ0n) is 10.8. The molecule has 1 amide bonds. The van der Waals surface area contributed by atoms with Crippen LogP contribution in [0, 0.1) is 11.6 Å². The highest BCUT2D eigenvalue weighted by molar-refractivity contribution is 5.99. The number of anilines is 1. The van der Waals surface area contributed by atoms with E-state index in [0.717, 1.165) is 17.9 Å². The number of halogens is 2. The minimum absolute atomic E-state index is 0.0878. The summed E-state index contributed by atoms with van der Waals surface area (Å²) in [6, 6.07) is 4.88. The van der Waals surface area contributed by atoms with E-state index in [0.29, 0.717) is 6.42 Å². The van der Waals surface area contributed by atoms with Crippen LogP contribution in [0.15, 0.2) is 34.9 Å². The highest BCUT2D eigenvalue weighted by Crippen LogP contribution is 2.17. The van der Waals surface area contributed by atoms with Crippen molar-refractivity contribution in [2.75, 3.05) is 5.73 Å². The molecule has 6 heteroatoms. The standard InChI is InChI=1S/C14H14F2N2O2/c1-8(5-9-3-2-4-20-9)18-14(19)10-6-11(15)12(16)7-13(10)17/h2-4,6-8H,5,17H2,1H3,(H,18,19). The summed E-state index contributed by atoms with van der Waals surface area (Å²) in [5.74, 6) is -2.03. The molecular formula is C14H14F2N2O2. The Balaban J connectivity index is 2.06. The van der Waals surface area contributed by atoms with Crippen LogP contribution in [0.3, 0.4) is 0 Å². The fourth-order valence-electron chi connectivity index (χ4n) is 1.84. The van der Waals surface area contributed by atoms with E-state index in [9.17, 15) is 13.6 Å². The van der Waals surface area contributed by atoms with E-state index in [-0.39, 0.29) is 17.3 Å². The van der Waals surface area contributed by atoms with Crippen LogP contribution >= 0.6 is 0 Å². The van der Waals surface area contributed by atoms with E-state index in [1.54, 1.807) is 19.1 Å². The highest BCUT2D eigenvalue weighted by Gasteiger charge is 2.16. The normalized spacial score (nSPS) is 12.2. The van der Waals surface area contributed by atoms with E-state index in [1.165, 1.54) is 6.26 Å². The Bertz CT molecular complexity index is 612. The van der Waals surface area contributed by atoms with Crippen LogP contribution in [0.1, 0.15) is 23.0 Å². The summed E-state index contributed by atoms with van der Waals surface area (Å²) in [6.45, 7) is 1.77. The number of carbonyl (C=O) groups is 1. The van der Waals surface area contributed by atoms with Crippen molar-refractivity contribution in [3.63, 3.8) is 0 Å². The van der Waals surface area contributed by atoms with Crippen LogP contribution in [-0.2, 0) is 6.42 Å². The lowest BCUT2D eigenvalue weighted by Gasteiger charge is -2.13. The molecular weight excluding hydrogens is 266 g/mol. The maximum absolute atomic E-state index is 13.1. The van der Waals surface area contributed by atoms with Crippen LogP contribution < -0.4 is 11.1 Å². The van der Waals surface area contributed by atoms with Gasteiger partial charge in [-0.2, -0.15) is 0 Å². The van der Waals surface area contributed by atoms with Crippen LogP contribution in [-0.4, -0.2) is 11.9 Å². The lowest BCUT2D eigenvalue weighted by Crippen LogP contribution is -2.34. The van der Waals surface area contributed by atoms with Gasteiger partial charge in [0.2, 0.25) is 0 Å². The van der Waals surface area contributed by atoms with Crippen molar-refractivity contribution >= 4 is 11.6 Å². The number of furan rings is 1. The molecule has 0 aliphatic heterocycles. The van der Waals surface area contributed by atoms with Gasteiger partial charge in [0, 0.05) is 24.2 Å². The Hall–Kier alpha value is -2.37. The van der Waals surface area contributed by atoms with Crippen LogP contribution in [0.4, 0.5) is 14.5 Å². The molecule has 0 fully saturated rings. The Kier molecular flexibility index (Phi) is 4.02. The first-order valence-corrected chi connectivity index (χ1v) is 6.05. The zero-order valence-corrected chi connectivity index (χ0v) is 10.8. The van der Waals surface area contributed by atoms with Gasteiger partial charge in [-0.05, 0) is 25.1 Å². The van der Waals surface area contributed by atoms with Gasteiger partial charge in [-0.1, -0.05) is 0 Å². The van der Waals surface area contributed by atoms with Gasteiger partial charge in [-0.3, -0.25) is 4.79 Å². The van der Waals surface area contributed by atoms with Crippen molar-refractivity contribution < 1.29 is 18.0 Å². The maximum Gasteiger partial charge on any atom is 0.253 e. The monoisotopic (exact) mass is 280 g/mol. The average Bonchev–Trinajstić information content (AvgIpc) is 2.86. The van der Waals surface area contributed by atoms with Crippen LogP contribution in [0.25, 0.3) is 0 Å². The first kappa shape index (κ1) is 14.0. The molecule has 3 N–H and O–H groups in total. The van der Waals surface area contributed by atoms with Gasteiger partial charge >= 0.3 is 0 Å². The molecule has 1 unspecified atom stereocenters. The predicted molar refractivity (Wildman–Crippen MR) is 70.1 cm³/mol.